The summed E-state index contributed by atoms with van der Waals surface area (Å²) in [5, 5.41) is 8.12. The van der Waals surface area contributed by atoms with Gasteiger partial charge in [0.1, 0.15) is 5.75 Å². The molecule has 0 fully saturated rings. The number of nitrogens with one attached hydrogen (secondary N) is 2. The summed E-state index contributed by atoms with van der Waals surface area (Å²) in [4.78, 5) is 4.62. The average Bonchev–Trinajstić information content (AvgIpc) is 2.73. The first-order valence-corrected chi connectivity index (χ1v) is 9.31. The minimum absolute atomic E-state index is 0.735. The van der Waals surface area contributed by atoms with Gasteiger partial charge in [0.05, 0.1) is 18.3 Å². The summed E-state index contributed by atoms with van der Waals surface area (Å²) in [5.41, 5.74) is 6.49. The highest BCUT2D eigenvalue weighted by Gasteiger charge is 2.07. The van der Waals surface area contributed by atoms with Gasteiger partial charge in [0, 0.05) is 29.5 Å². The largest absolute Gasteiger partial charge is 0.497 e. The topological polar surface area (TPSA) is 46.2 Å². The summed E-state index contributed by atoms with van der Waals surface area (Å²) in [6.07, 6.45) is 1.85. The number of benzene rings is 3. The second-order valence-electron chi connectivity index (χ2n) is 6.76. The molecule has 0 bridgehead atoms. The Morgan fingerprint density at radius 2 is 1.71 bits per heavy atom. The predicted molar refractivity (Wildman–Crippen MR) is 117 cm³/mol. The summed E-state index contributed by atoms with van der Waals surface area (Å²) in [6.45, 7) is 2.83. The van der Waals surface area contributed by atoms with E-state index < -0.39 is 0 Å². The van der Waals surface area contributed by atoms with Gasteiger partial charge in [-0.15, -0.1) is 0 Å². The van der Waals surface area contributed by atoms with Crippen molar-refractivity contribution in [2.24, 2.45) is 0 Å². The summed E-state index contributed by atoms with van der Waals surface area (Å²) in [5.74, 6) is 0.866. The van der Waals surface area contributed by atoms with E-state index >= 15 is 0 Å². The van der Waals surface area contributed by atoms with E-state index in [4.69, 9.17) is 4.74 Å². The van der Waals surface area contributed by atoms with E-state index in [-0.39, 0.29) is 0 Å². The molecule has 0 saturated heterocycles. The van der Waals surface area contributed by atoms with Gasteiger partial charge in [-0.3, -0.25) is 4.98 Å². The Kier molecular flexibility index (Phi) is 5.11. The summed E-state index contributed by atoms with van der Waals surface area (Å²) < 4.78 is 5.22. The molecule has 0 aliphatic heterocycles. The highest BCUT2D eigenvalue weighted by Crippen LogP contribution is 2.30. The fourth-order valence-electron chi connectivity index (χ4n) is 3.25. The molecule has 28 heavy (non-hydrogen) atoms. The third-order valence-electron chi connectivity index (χ3n) is 4.71. The maximum Gasteiger partial charge on any atom is 0.118 e. The quantitative estimate of drug-likeness (QED) is 0.444. The number of para-hydroxylation sites is 1. The summed E-state index contributed by atoms with van der Waals surface area (Å²) in [7, 11) is 1.68. The molecule has 1 aromatic heterocycles. The molecule has 4 heteroatoms. The number of nitrogens with zero attached hydrogens (tertiary/aromatic N) is 1. The van der Waals surface area contributed by atoms with Crippen molar-refractivity contribution >= 4 is 28.0 Å². The number of aryl methyl sites for hydroxylation is 1. The highest BCUT2D eigenvalue weighted by atomic mass is 16.5. The monoisotopic (exact) mass is 369 g/mol. The molecule has 0 unspecified atom stereocenters. The Labute approximate surface area is 165 Å². The molecule has 0 amide bonds. The van der Waals surface area contributed by atoms with Crippen molar-refractivity contribution in [1.29, 1.82) is 0 Å². The zero-order chi connectivity index (χ0) is 19.3. The van der Waals surface area contributed by atoms with E-state index in [1.165, 1.54) is 11.1 Å². The first-order valence-electron chi connectivity index (χ1n) is 9.31. The number of hydrogen-bond donors (Lipinski definition) is 2. The van der Waals surface area contributed by atoms with E-state index in [1.807, 2.05) is 24.4 Å². The maximum atomic E-state index is 5.22. The molecular formula is C24H23N3O. The van der Waals surface area contributed by atoms with Gasteiger partial charge in [-0.2, -0.15) is 0 Å². The van der Waals surface area contributed by atoms with Crippen LogP contribution in [0.2, 0.25) is 0 Å². The molecule has 4 aromatic rings. The number of pyridine rings is 1. The van der Waals surface area contributed by atoms with Crippen molar-refractivity contribution in [2.75, 3.05) is 17.7 Å². The fraction of sp³-hybridized carbons (Fsp3) is 0.125. The Morgan fingerprint density at radius 1 is 0.893 bits per heavy atom. The van der Waals surface area contributed by atoms with Gasteiger partial charge < -0.3 is 15.4 Å². The normalized spacial score (nSPS) is 10.6. The Hall–Kier alpha value is -3.53. The molecule has 0 spiro atoms. The molecule has 0 saturated carbocycles. The minimum atomic E-state index is 0.735. The summed E-state index contributed by atoms with van der Waals surface area (Å²) >= 11 is 0. The lowest BCUT2D eigenvalue weighted by molar-refractivity contribution is 0.414. The second-order valence-corrected chi connectivity index (χ2v) is 6.76. The van der Waals surface area contributed by atoms with Crippen LogP contribution in [0.5, 0.6) is 5.75 Å². The van der Waals surface area contributed by atoms with Crippen LogP contribution in [0, 0.1) is 6.92 Å². The Bertz CT molecular complexity index is 1090. The lowest BCUT2D eigenvalue weighted by Crippen LogP contribution is -2.01. The Balaban J connectivity index is 1.59. The van der Waals surface area contributed by atoms with E-state index in [1.54, 1.807) is 7.11 Å². The Morgan fingerprint density at radius 3 is 2.50 bits per heavy atom. The van der Waals surface area contributed by atoms with Crippen LogP contribution in [0.4, 0.5) is 17.1 Å². The van der Waals surface area contributed by atoms with E-state index in [9.17, 15) is 0 Å². The van der Waals surface area contributed by atoms with Crippen LogP contribution < -0.4 is 15.4 Å². The van der Waals surface area contributed by atoms with Crippen molar-refractivity contribution in [3.63, 3.8) is 0 Å². The smallest absolute Gasteiger partial charge is 0.118 e. The first kappa shape index (κ1) is 17.9. The fourth-order valence-corrected chi connectivity index (χ4v) is 3.25. The molecular weight excluding hydrogens is 346 g/mol. The van der Waals surface area contributed by atoms with Crippen LogP contribution in [-0.2, 0) is 6.54 Å². The average molecular weight is 369 g/mol. The molecule has 4 nitrogen and oxygen atoms in total. The molecule has 2 N–H and O–H groups in total. The standard InChI is InChI=1S/C24H23N3O/c1-17-5-3-6-19(15-17)27-23-8-4-7-21-22(13-14-25-24(21)23)26-16-18-9-11-20(28-2)12-10-18/h3-15,27H,16H2,1-2H3,(H,25,26). The highest BCUT2D eigenvalue weighted by molar-refractivity contribution is 5.99. The van der Waals surface area contributed by atoms with E-state index in [0.717, 1.165) is 40.3 Å². The van der Waals surface area contributed by atoms with Gasteiger partial charge in [0.15, 0.2) is 0 Å². The van der Waals surface area contributed by atoms with Crippen molar-refractivity contribution in [1.82, 2.24) is 4.98 Å². The minimum Gasteiger partial charge on any atom is -0.497 e. The lowest BCUT2D eigenvalue weighted by Gasteiger charge is -2.13. The molecule has 1 heterocycles. The first-order chi connectivity index (χ1) is 13.7. The summed E-state index contributed by atoms with van der Waals surface area (Å²) in [6, 6.07) is 24.7. The molecule has 0 aliphatic carbocycles. The van der Waals surface area contributed by atoms with Crippen LogP contribution >= 0.6 is 0 Å². The second kappa shape index (κ2) is 8.01. The molecule has 0 radical (unpaired) electrons. The van der Waals surface area contributed by atoms with Crippen LogP contribution in [0.15, 0.2) is 79.0 Å². The molecule has 3 aromatic carbocycles. The van der Waals surface area contributed by atoms with Crippen LogP contribution in [-0.4, -0.2) is 12.1 Å². The number of methoxy groups -OCH3 is 1. The maximum absolute atomic E-state index is 5.22. The van der Waals surface area contributed by atoms with Gasteiger partial charge >= 0.3 is 0 Å². The molecule has 4 rings (SSSR count). The molecule has 140 valence electrons. The zero-order valence-electron chi connectivity index (χ0n) is 16.1. The van der Waals surface area contributed by atoms with Gasteiger partial charge in [0.25, 0.3) is 0 Å². The number of ether oxygens (including phenoxy) is 1. The molecule has 0 atom stereocenters. The number of aromatic nitrogens is 1. The third-order valence-corrected chi connectivity index (χ3v) is 4.71. The third kappa shape index (κ3) is 3.91. The number of hydrogen-bond acceptors (Lipinski definition) is 4. The van der Waals surface area contributed by atoms with Gasteiger partial charge in [0.2, 0.25) is 0 Å². The van der Waals surface area contributed by atoms with E-state index in [0.29, 0.717) is 0 Å². The van der Waals surface area contributed by atoms with Crippen molar-refractivity contribution in [3.05, 3.63) is 90.1 Å². The number of rotatable bonds is 6. The van der Waals surface area contributed by atoms with Crippen LogP contribution in [0.1, 0.15) is 11.1 Å². The lowest BCUT2D eigenvalue weighted by atomic mass is 10.1. The van der Waals surface area contributed by atoms with Crippen molar-refractivity contribution in [3.8, 4) is 5.75 Å². The molecule has 0 aliphatic rings. The van der Waals surface area contributed by atoms with Crippen molar-refractivity contribution < 1.29 is 4.74 Å². The number of anilines is 3. The predicted octanol–water partition coefficient (Wildman–Crippen LogP) is 5.91. The SMILES string of the molecule is COc1ccc(CNc2ccnc3c(Nc4cccc(C)c4)cccc23)cc1. The van der Waals surface area contributed by atoms with Gasteiger partial charge in [-0.1, -0.05) is 36.4 Å². The zero-order valence-corrected chi connectivity index (χ0v) is 16.1. The van der Waals surface area contributed by atoms with Gasteiger partial charge in [-0.05, 0) is 54.4 Å². The number of fused-ring (bicyclic) bond motifs is 1. The van der Waals surface area contributed by atoms with Crippen molar-refractivity contribution in [2.45, 2.75) is 13.5 Å². The van der Waals surface area contributed by atoms with Gasteiger partial charge in [-0.25, -0.2) is 0 Å². The van der Waals surface area contributed by atoms with E-state index in [2.05, 4.69) is 77.1 Å². The van der Waals surface area contributed by atoms with Crippen LogP contribution in [0.3, 0.4) is 0 Å². The van der Waals surface area contributed by atoms with Crippen LogP contribution in [0.25, 0.3) is 10.9 Å².